The molecular formula is C31H31NO6. The maximum atomic E-state index is 13.9. The number of fused-ring (bicyclic) bond motifs is 2. The third-order valence-corrected chi connectivity index (χ3v) is 6.79. The summed E-state index contributed by atoms with van der Waals surface area (Å²) in [4.78, 5) is 29.0. The van der Waals surface area contributed by atoms with Gasteiger partial charge in [-0.05, 0) is 67.6 Å². The largest absolute Gasteiger partial charge is 0.490 e. The molecule has 1 aliphatic rings. The smallest absolute Gasteiger partial charge is 0.290 e. The van der Waals surface area contributed by atoms with E-state index in [1.165, 1.54) is 0 Å². The third kappa shape index (κ3) is 4.65. The predicted molar refractivity (Wildman–Crippen MR) is 145 cm³/mol. The molecule has 0 spiro atoms. The summed E-state index contributed by atoms with van der Waals surface area (Å²) >= 11 is 0. The zero-order chi connectivity index (χ0) is 26.8. The van der Waals surface area contributed by atoms with Crippen LogP contribution in [0.5, 0.6) is 11.5 Å². The van der Waals surface area contributed by atoms with Crippen molar-refractivity contribution in [2.24, 2.45) is 0 Å². The Labute approximate surface area is 221 Å². The van der Waals surface area contributed by atoms with Crippen LogP contribution in [0.2, 0.25) is 0 Å². The molecule has 1 amide bonds. The average molecular weight is 514 g/mol. The Bertz CT molecular complexity index is 1540. The first-order valence-corrected chi connectivity index (χ1v) is 12.9. The van der Waals surface area contributed by atoms with Gasteiger partial charge in [0, 0.05) is 13.2 Å². The second-order valence-electron chi connectivity index (χ2n) is 9.52. The fraction of sp³-hybridized carbons (Fsp3) is 0.290. The van der Waals surface area contributed by atoms with E-state index in [4.69, 9.17) is 13.9 Å². The van der Waals surface area contributed by atoms with Gasteiger partial charge in [0.05, 0.1) is 23.6 Å². The lowest BCUT2D eigenvalue weighted by atomic mass is 9.96. The maximum Gasteiger partial charge on any atom is 0.290 e. The summed E-state index contributed by atoms with van der Waals surface area (Å²) < 4.78 is 18.1. The van der Waals surface area contributed by atoms with Crippen molar-refractivity contribution in [2.75, 3.05) is 19.8 Å². The van der Waals surface area contributed by atoms with Gasteiger partial charge in [-0.25, -0.2) is 0 Å². The molecule has 0 aliphatic carbocycles. The lowest BCUT2D eigenvalue weighted by Crippen LogP contribution is -2.31. The average Bonchev–Trinajstić information content (AvgIpc) is 3.18. The van der Waals surface area contributed by atoms with Crippen molar-refractivity contribution < 1.29 is 23.8 Å². The topological polar surface area (TPSA) is 89.2 Å². The van der Waals surface area contributed by atoms with Crippen LogP contribution >= 0.6 is 0 Å². The number of aliphatic hydroxyl groups is 1. The number of ether oxygens (including phenoxy) is 2. The lowest BCUT2D eigenvalue weighted by Gasteiger charge is -2.25. The molecule has 5 rings (SSSR count). The molecule has 7 heteroatoms. The Kier molecular flexibility index (Phi) is 7.20. The molecule has 1 aliphatic heterocycles. The van der Waals surface area contributed by atoms with Crippen molar-refractivity contribution in [3.05, 3.63) is 104 Å². The van der Waals surface area contributed by atoms with Crippen LogP contribution in [0, 0.1) is 13.8 Å². The van der Waals surface area contributed by atoms with E-state index >= 15 is 0 Å². The highest BCUT2D eigenvalue weighted by Crippen LogP contribution is 2.41. The second kappa shape index (κ2) is 10.7. The van der Waals surface area contributed by atoms with E-state index in [-0.39, 0.29) is 30.2 Å². The molecule has 0 saturated carbocycles. The maximum absolute atomic E-state index is 13.9. The number of carbonyl (C=O) groups excluding carboxylic acids is 1. The molecule has 4 aromatic rings. The predicted octanol–water partition coefficient (Wildman–Crippen LogP) is 5.32. The number of rotatable bonds is 9. The minimum atomic E-state index is -0.673. The zero-order valence-electron chi connectivity index (χ0n) is 21.8. The Hall–Kier alpha value is -4.10. The Morgan fingerprint density at radius 3 is 2.50 bits per heavy atom. The van der Waals surface area contributed by atoms with Crippen LogP contribution in [0.3, 0.4) is 0 Å². The highest BCUT2D eigenvalue weighted by molar-refractivity contribution is 5.99. The zero-order valence-corrected chi connectivity index (χ0v) is 21.8. The van der Waals surface area contributed by atoms with E-state index in [1.807, 2.05) is 75.4 Å². The molecule has 196 valence electrons. The molecule has 38 heavy (non-hydrogen) atoms. The van der Waals surface area contributed by atoms with Crippen LogP contribution in [0.4, 0.5) is 0 Å². The fourth-order valence-electron chi connectivity index (χ4n) is 5.15. The molecule has 1 aromatic heterocycles. The number of aliphatic hydroxyl groups excluding tert-OH is 1. The van der Waals surface area contributed by atoms with Crippen molar-refractivity contribution in [3.63, 3.8) is 0 Å². The van der Waals surface area contributed by atoms with Gasteiger partial charge in [-0.15, -0.1) is 0 Å². The quantitative estimate of drug-likeness (QED) is 0.326. The van der Waals surface area contributed by atoms with Gasteiger partial charge in [0.15, 0.2) is 16.9 Å². The first kappa shape index (κ1) is 25.5. The standard InChI is InChI=1S/C31H31NO6/c1-4-36-24-17-22(11-12-23(24)37-18-21-9-6-5-7-10-21)28-27-29(34)26-20(3)15-19(2)16-25(26)38-30(27)31(35)32(28)13-8-14-33/h5-7,9-12,15-17,28,33H,4,8,13-14,18H2,1-3H3. The van der Waals surface area contributed by atoms with Gasteiger partial charge in [-0.3, -0.25) is 9.59 Å². The van der Waals surface area contributed by atoms with Gasteiger partial charge in [-0.1, -0.05) is 42.5 Å². The van der Waals surface area contributed by atoms with Crippen molar-refractivity contribution in [2.45, 2.75) is 39.8 Å². The van der Waals surface area contributed by atoms with E-state index in [2.05, 4.69) is 0 Å². The van der Waals surface area contributed by atoms with Gasteiger partial charge in [0.1, 0.15) is 12.2 Å². The van der Waals surface area contributed by atoms with Gasteiger partial charge in [0.25, 0.3) is 5.91 Å². The second-order valence-corrected chi connectivity index (χ2v) is 9.52. The molecule has 0 radical (unpaired) electrons. The molecular weight excluding hydrogens is 482 g/mol. The lowest BCUT2D eigenvalue weighted by molar-refractivity contribution is 0.0716. The van der Waals surface area contributed by atoms with Crippen LogP contribution in [-0.4, -0.2) is 35.7 Å². The SMILES string of the molecule is CCOc1cc(C2c3c(oc4cc(C)cc(C)c4c3=O)C(=O)N2CCCO)ccc1OCc1ccccc1. The van der Waals surface area contributed by atoms with Gasteiger partial charge < -0.3 is 23.9 Å². The third-order valence-electron chi connectivity index (χ3n) is 6.79. The molecule has 3 aromatic carbocycles. The Morgan fingerprint density at radius 1 is 0.974 bits per heavy atom. The molecule has 0 saturated heterocycles. The first-order valence-electron chi connectivity index (χ1n) is 12.9. The number of benzene rings is 3. The highest BCUT2D eigenvalue weighted by Gasteiger charge is 2.42. The molecule has 1 N–H and O–H groups in total. The number of hydrogen-bond acceptors (Lipinski definition) is 6. The number of amides is 1. The molecule has 0 bridgehead atoms. The van der Waals surface area contributed by atoms with Crippen molar-refractivity contribution in [3.8, 4) is 11.5 Å². The van der Waals surface area contributed by atoms with Crippen LogP contribution < -0.4 is 14.9 Å². The number of carbonyl (C=O) groups is 1. The monoisotopic (exact) mass is 513 g/mol. The Morgan fingerprint density at radius 2 is 1.76 bits per heavy atom. The van der Waals surface area contributed by atoms with E-state index in [1.54, 1.807) is 11.0 Å². The van der Waals surface area contributed by atoms with E-state index in [9.17, 15) is 14.7 Å². The highest BCUT2D eigenvalue weighted by atomic mass is 16.5. The number of aryl methyl sites for hydroxylation is 2. The number of hydrogen-bond donors (Lipinski definition) is 1. The summed E-state index contributed by atoms with van der Waals surface area (Å²) in [5.74, 6) is 0.792. The minimum absolute atomic E-state index is 0.0535. The van der Waals surface area contributed by atoms with Crippen molar-refractivity contribution in [1.29, 1.82) is 0 Å². The van der Waals surface area contributed by atoms with Crippen LogP contribution in [-0.2, 0) is 6.61 Å². The molecule has 0 fully saturated rings. The molecule has 2 heterocycles. The normalized spacial score (nSPS) is 14.7. The van der Waals surface area contributed by atoms with Gasteiger partial charge >= 0.3 is 0 Å². The van der Waals surface area contributed by atoms with Gasteiger partial charge in [0.2, 0.25) is 5.76 Å². The molecule has 1 atom stereocenters. The first-order chi connectivity index (χ1) is 18.4. The summed E-state index contributed by atoms with van der Waals surface area (Å²) in [6, 6.07) is 18.4. The van der Waals surface area contributed by atoms with Crippen molar-refractivity contribution in [1.82, 2.24) is 4.90 Å². The van der Waals surface area contributed by atoms with E-state index in [0.29, 0.717) is 53.2 Å². The van der Waals surface area contributed by atoms with Crippen LogP contribution in [0.15, 0.2) is 69.9 Å². The molecule has 7 nitrogen and oxygen atoms in total. The minimum Gasteiger partial charge on any atom is -0.490 e. The molecule has 1 unspecified atom stereocenters. The fourth-order valence-corrected chi connectivity index (χ4v) is 5.15. The number of nitrogens with zero attached hydrogens (tertiary/aromatic N) is 1. The summed E-state index contributed by atoms with van der Waals surface area (Å²) in [7, 11) is 0. The summed E-state index contributed by atoms with van der Waals surface area (Å²) in [5.41, 5.74) is 3.99. The summed E-state index contributed by atoms with van der Waals surface area (Å²) in [6.45, 7) is 6.68. The van der Waals surface area contributed by atoms with E-state index < -0.39 is 6.04 Å². The van der Waals surface area contributed by atoms with Crippen LogP contribution in [0.25, 0.3) is 11.0 Å². The summed E-state index contributed by atoms with van der Waals surface area (Å²) in [6.07, 6.45) is 0.374. The van der Waals surface area contributed by atoms with Gasteiger partial charge in [-0.2, -0.15) is 0 Å². The van der Waals surface area contributed by atoms with Crippen molar-refractivity contribution >= 4 is 16.9 Å². The summed E-state index contributed by atoms with van der Waals surface area (Å²) in [5, 5.41) is 9.98. The van der Waals surface area contributed by atoms with E-state index in [0.717, 1.165) is 16.7 Å². The Balaban J connectivity index is 1.61. The van der Waals surface area contributed by atoms with Crippen LogP contribution in [0.1, 0.15) is 57.8 Å².